The third-order valence-electron chi connectivity index (χ3n) is 3.34. The molecule has 0 aromatic heterocycles. The van der Waals surface area contributed by atoms with Crippen molar-refractivity contribution in [2.75, 3.05) is 13.6 Å². The van der Waals surface area contributed by atoms with Gasteiger partial charge in [0.1, 0.15) is 5.75 Å². The van der Waals surface area contributed by atoms with Gasteiger partial charge in [-0.15, -0.1) is 0 Å². The standard InChI is InChI=1S/C17H20N2O2/c1-19(12-14-4-8-16(20)9-5-14)17(21)15-6-2-13(3-7-15)10-11-18/h2-9,20H,10-12,18H2,1H3. The second-order valence-electron chi connectivity index (χ2n) is 5.06. The van der Waals surface area contributed by atoms with E-state index in [4.69, 9.17) is 5.73 Å². The minimum atomic E-state index is -0.0256. The molecular formula is C17H20N2O2. The van der Waals surface area contributed by atoms with E-state index in [1.54, 1.807) is 24.1 Å². The Labute approximate surface area is 124 Å². The fourth-order valence-corrected chi connectivity index (χ4v) is 2.15. The number of phenolic OH excluding ortho intramolecular Hbond substituents is 1. The molecule has 0 heterocycles. The molecule has 2 rings (SSSR count). The largest absolute Gasteiger partial charge is 0.508 e. The Hall–Kier alpha value is -2.33. The Balaban J connectivity index is 2.02. The number of benzene rings is 2. The average Bonchev–Trinajstić information content (AvgIpc) is 2.50. The molecule has 1 amide bonds. The summed E-state index contributed by atoms with van der Waals surface area (Å²) in [7, 11) is 1.77. The zero-order valence-electron chi connectivity index (χ0n) is 12.1. The first-order chi connectivity index (χ1) is 10.1. The van der Waals surface area contributed by atoms with Gasteiger partial charge in [-0.1, -0.05) is 24.3 Å². The summed E-state index contributed by atoms with van der Waals surface area (Å²) in [6.07, 6.45) is 0.817. The Morgan fingerprint density at radius 2 is 1.62 bits per heavy atom. The molecular weight excluding hydrogens is 264 g/mol. The van der Waals surface area contributed by atoms with Gasteiger partial charge >= 0.3 is 0 Å². The summed E-state index contributed by atoms with van der Waals surface area (Å²) in [5.74, 6) is 0.200. The molecule has 0 saturated heterocycles. The number of hydrogen-bond acceptors (Lipinski definition) is 3. The molecule has 2 aromatic rings. The molecule has 4 heteroatoms. The van der Waals surface area contributed by atoms with Crippen molar-refractivity contribution in [3.8, 4) is 5.75 Å². The number of nitrogens with two attached hydrogens (primary N) is 1. The van der Waals surface area contributed by atoms with Crippen LogP contribution < -0.4 is 5.73 Å². The van der Waals surface area contributed by atoms with Crippen LogP contribution in [0.15, 0.2) is 48.5 Å². The first-order valence-corrected chi connectivity index (χ1v) is 6.92. The Bertz CT molecular complexity index is 591. The Morgan fingerprint density at radius 1 is 1.05 bits per heavy atom. The maximum Gasteiger partial charge on any atom is 0.253 e. The molecule has 2 aromatic carbocycles. The summed E-state index contributed by atoms with van der Waals surface area (Å²) in [6, 6.07) is 14.4. The van der Waals surface area contributed by atoms with Crippen LogP contribution in [-0.2, 0) is 13.0 Å². The van der Waals surface area contributed by atoms with Crippen molar-refractivity contribution in [1.29, 1.82) is 0 Å². The molecule has 0 unspecified atom stereocenters. The molecule has 0 radical (unpaired) electrons. The van der Waals surface area contributed by atoms with Crippen molar-refractivity contribution in [1.82, 2.24) is 4.90 Å². The van der Waals surface area contributed by atoms with Crippen molar-refractivity contribution >= 4 is 5.91 Å². The van der Waals surface area contributed by atoms with Gasteiger partial charge in [-0.3, -0.25) is 4.79 Å². The smallest absolute Gasteiger partial charge is 0.253 e. The lowest BCUT2D eigenvalue weighted by atomic mass is 10.1. The molecule has 0 fully saturated rings. The molecule has 0 aliphatic rings. The van der Waals surface area contributed by atoms with E-state index in [2.05, 4.69) is 0 Å². The lowest BCUT2D eigenvalue weighted by molar-refractivity contribution is 0.0785. The van der Waals surface area contributed by atoms with Gasteiger partial charge in [-0.25, -0.2) is 0 Å². The SMILES string of the molecule is CN(Cc1ccc(O)cc1)C(=O)c1ccc(CCN)cc1. The minimum Gasteiger partial charge on any atom is -0.508 e. The van der Waals surface area contributed by atoms with E-state index in [1.165, 1.54) is 0 Å². The average molecular weight is 284 g/mol. The van der Waals surface area contributed by atoms with Crippen molar-refractivity contribution in [2.24, 2.45) is 5.73 Å². The number of phenols is 1. The lowest BCUT2D eigenvalue weighted by Crippen LogP contribution is -2.26. The van der Waals surface area contributed by atoms with E-state index in [9.17, 15) is 9.90 Å². The summed E-state index contributed by atoms with van der Waals surface area (Å²) in [5.41, 5.74) is 8.28. The number of rotatable bonds is 5. The van der Waals surface area contributed by atoms with E-state index in [1.807, 2.05) is 36.4 Å². The van der Waals surface area contributed by atoms with E-state index in [0.29, 0.717) is 18.7 Å². The van der Waals surface area contributed by atoms with Gasteiger partial charge in [0.05, 0.1) is 0 Å². The second kappa shape index (κ2) is 6.90. The number of aromatic hydroxyl groups is 1. The van der Waals surface area contributed by atoms with Gasteiger partial charge in [-0.2, -0.15) is 0 Å². The van der Waals surface area contributed by atoms with Gasteiger partial charge in [0.25, 0.3) is 5.91 Å². The molecule has 0 atom stereocenters. The number of nitrogens with zero attached hydrogens (tertiary/aromatic N) is 1. The van der Waals surface area contributed by atoms with Gasteiger partial charge in [0, 0.05) is 19.2 Å². The highest BCUT2D eigenvalue weighted by Gasteiger charge is 2.11. The molecule has 3 N–H and O–H groups in total. The molecule has 4 nitrogen and oxygen atoms in total. The van der Waals surface area contributed by atoms with E-state index in [-0.39, 0.29) is 11.7 Å². The molecule has 21 heavy (non-hydrogen) atoms. The molecule has 0 saturated carbocycles. The topological polar surface area (TPSA) is 66.6 Å². The number of hydrogen-bond donors (Lipinski definition) is 2. The lowest BCUT2D eigenvalue weighted by Gasteiger charge is -2.17. The maximum atomic E-state index is 12.3. The third kappa shape index (κ3) is 4.07. The van der Waals surface area contributed by atoms with E-state index < -0.39 is 0 Å². The highest BCUT2D eigenvalue weighted by molar-refractivity contribution is 5.94. The van der Waals surface area contributed by atoms with Crippen molar-refractivity contribution in [3.05, 3.63) is 65.2 Å². The van der Waals surface area contributed by atoms with Crippen LogP contribution >= 0.6 is 0 Å². The van der Waals surface area contributed by atoms with Crippen LogP contribution in [0.25, 0.3) is 0 Å². The summed E-state index contributed by atoms with van der Waals surface area (Å²) in [5, 5.41) is 9.26. The highest BCUT2D eigenvalue weighted by atomic mass is 16.3. The first kappa shape index (κ1) is 15.1. The van der Waals surface area contributed by atoms with Crippen LogP contribution in [0.3, 0.4) is 0 Å². The molecule has 0 spiro atoms. The maximum absolute atomic E-state index is 12.3. The predicted octanol–water partition coefficient (Wildman–Crippen LogP) is 2.17. The van der Waals surface area contributed by atoms with Gasteiger partial charge in [0.15, 0.2) is 0 Å². The van der Waals surface area contributed by atoms with Crippen molar-refractivity contribution in [2.45, 2.75) is 13.0 Å². The molecule has 0 aliphatic heterocycles. The summed E-state index contributed by atoms with van der Waals surface area (Å²) in [6.45, 7) is 1.11. The van der Waals surface area contributed by atoms with E-state index in [0.717, 1.165) is 17.5 Å². The molecule has 110 valence electrons. The fourth-order valence-electron chi connectivity index (χ4n) is 2.15. The summed E-state index contributed by atoms with van der Waals surface area (Å²) < 4.78 is 0. The van der Waals surface area contributed by atoms with Crippen molar-refractivity contribution in [3.63, 3.8) is 0 Å². The van der Waals surface area contributed by atoms with Crippen LogP contribution in [0.5, 0.6) is 5.75 Å². The first-order valence-electron chi connectivity index (χ1n) is 6.92. The number of carbonyl (C=O) groups is 1. The zero-order valence-corrected chi connectivity index (χ0v) is 12.1. The van der Waals surface area contributed by atoms with Crippen LogP contribution in [0.4, 0.5) is 0 Å². The van der Waals surface area contributed by atoms with Gasteiger partial charge in [0.2, 0.25) is 0 Å². The molecule has 0 aliphatic carbocycles. The zero-order chi connectivity index (χ0) is 15.2. The normalized spacial score (nSPS) is 10.4. The highest BCUT2D eigenvalue weighted by Crippen LogP contribution is 2.13. The summed E-state index contributed by atoms with van der Waals surface area (Å²) >= 11 is 0. The third-order valence-corrected chi connectivity index (χ3v) is 3.34. The Morgan fingerprint density at radius 3 is 2.19 bits per heavy atom. The number of carbonyl (C=O) groups excluding carboxylic acids is 1. The van der Waals surface area contributed by atoms with Crippen molar-refractivity contribution < 1.29 is 9.90 Å². The van der Waals surface area contributed by atoms with Crippen LogP contribution in [0, 0.1) is 0 Å². The monoisotopic (exact) mass is 284 g/mol. The van der Waals surface area contributed by atoms with Crippen LogP contribution in [-0.4, -0.2) is 29.5 Å². The van der Waals surface area contributed by atoms with Crippen LogP contribution in [0.1, 0.15) is 21.5 Å². The quantitative estimate of drug-likeness (QED) is 0.884. The predicted molar refractivity (Wildman–Crippen MR) is 83.1 cm³/mol. The van der Waals surface area contributed by atoms with Gasteiger partial charge < -0.3 is 15.7 Å². The fraction of sp³-hybridized carbons (Fsp3) is 0.235. The minimum absolute atomic E-state index is 0.0256. The molecule has 0 bridgehead atoms. The second-order valence-corrected chi connectivity index (χ2v) is 5.06. The van der Waals surface area contributed by atoms with E-state index >= 15 is 0 Å². The van der Waals surface area contributed by atoms with Gasteiger partial charge in [-0.05, 0) is 48.4 Å². The Kier molecular flexibility index (Phi) is 4.95. The van der Waals surface area contributed by atoms with Crippen LogP contribution in [0.2, 0.25) is 0 Å². The summed E-state index contributed by atoms with van der Waals surface area (Å²) in [4.78, 5) is 14.0. The number of amides is 1.